The third kappa shape index (κ3) is 7.32. The van der Waals surface area contributed by atoms with Gasteiger partial charge < -0.3 is 9.84 Å². The summed E-state index contributed by atoms with van der Waals surface area (Å²) in [5, 5.41) is 1.81. The number of carbonyl (C=O) groups is 1. The zero-order valence-electron chi connectivity index (χ0n) is 16.4. The van der Waals surface area contributed by atoms with Crippen LogP contribution in [0.4, 0.5) is 32.0 Å². The molecule has 0 spiro atoms. The average molecular weight is 524 g/mol. The molecule has 1 amide bonds. The second kappa shape index (κ2) is 10.3. The van der Waals surface area contributed by atoms with Gasteiger partial charge in [-0.3, -0.25) is 4.79 Å². The van der Waals surface area contributed by atoms with Crippen LogP contribution in [-0.4, -0.2) is 20.1 Å². The molecule has 16 heteroatoms. The lowest BCUT2D eigenvalue weighted by Crippen LogP contribution is -2.17. The number of carbonyl (C=O) groups excluding carboxylic acids is 1. The molecule has 2 aromatic carbocycles. The van der Waals surface area contributed by atoms with Crippen molar-refractivity contribution in [1.29, 1.82) is 0 Å². The Morgan fingerprint density at radius 2 is 1.42 bits per heavy atom. The SMILES string of the molecule is COOP(=O)(OOC)Oc1ccc(Cl)cc1C(=O)Nc1cc(C(F)(F)F)cc(C(F)(F)F)c1. The molecule has 0 atom stereocenters. The summed E-state index contributed by atoms with van der Waals surface area (Å²) in [6.45, 7) is 0. The second-order valence-electron chi connectivity index (χ2n) is 5.91. The zero-order valence-corrected chi connectivity index (χ0v) is 18.1. The van der Waals surface area contributed by atoms with Crippen LogP contribution in [0.3, 0.4) is 0 Å². The first-order valence-corrected chi connectivity index (χ1v) is 10.2. The number of anilines is 1. The van der Waals surface area contributed by atoms with Crippen molar-refractivity contribution in [3.63, 3.8) is 0 Å². The van der Waals surface area contributed by atoms with E-state index in [0.29, 0.717) is 12.1 Å². The molecule has 0 saturated carbocycles. The van der Waals surface area contributed by atoms with Gasteiger partial charge in [-0.2, -0.15) is 26.3 Å². The van der Waals surface area contributed by atoms with Crippen LogP contribution < -0.4 is 9.84 Å². The lowest BCUT2D eigenvalue weighted by Gasteiger charge is -2.17. The Kier molecular flexibility index (Phi) is 8.38. The van der Waals surface area contributed by atoms with Crippen LogP contribution in [0.5, 0.6) is 5.75 Å². The van der Waals surface area contributed by atoms with Crippen LogP contribution in [0.1, 0.15) is 21.5 Å². The molecule has 0 radical (unpaired) electrons. The molecule has 0 aliphatic heterocycles. The molecule has 0 bridgehead atoms. The third-order valence-electron chi connectivity index (χ3n) is 3.57. The van der Waals surface area contributed by atoms with Gasteiger partial charge >= 0.3 is 20.2 Å². The van der Waals surface area contributed by atoms with Crippen LogP contribution in [0, 0.1) is 0 Å². The summed E-state index contributed by atoms with van der Waals surface area (Å²) in [6.07, 6.45) is -10.3. The number of rotatable bonds is 8. The number of phosphoric acid groups is 1. The predicted molar refractivity (Wildman–Crippen MR) is 100 cm³/mol. The first-order valence-electron chi connectivity index (χ1n) is 8.33. The zero-order chi connectivity index (χ0) is 25.0. The maximum Gasteiger partial charge on any atom is 0.585 e. The second-order valence-corrected chi connectivity index (χ2v) is 7.72. The molecule has 2 aromatic rings. The normalized spacial score (nSPS) is 12.5. The number of hydrogen-bond donors (Lipinski definition) is 1. The Hall–Kier alpha value is -2.35. The minimum atomic E-state index is -5.13. The van der Waals surface area contributed by atoms with Gasteiger partial charge in [0.05, 0.1) is 30.9 Å². The monoisotopic (exact) mass is 523 g/mol. The van der Waals surface area contributed by atoms with Crippen molar-refractivity contribution in [2.24, 2.45) is 0 Å². The van der Waals surface area contributed by atoms with Crippen LogP contribution in [0.2, 0.25) is 5.02 Å². The Morgan fingerprint density at radius 1 is 0.909 bits per heavy atom. The smallest absolute Gasteiger partial charge is 0.400 e. The summed E-state index contributed by atoms with van der Waals surface area (Å²) in [5.41, 5.74) is -4.69. The Labute approximate surface area is 186 Å². The summed E-state index contributed by atoms with van der Waals surface area (Å²) in [4.78, 5) is 21.1. The highest BCUT2D eigenvalue weighted by atomic mass is 35.5. The standard InChI is InChI=1S/C17H13ClF6NO7P/c1-28-31-33(27,32-29-2)30-14-4-3-11(18)8-13(14)15(26)25-12-6-9(16(19,20)21)5-10(7-12)17(22,23)24/h3-8H,1-2H3,(H,25,26). The average Bonchev–Trinajstić information content (AvgIpc) is 2.68. The number of benzene rings is 2. The lowest BCUT2D eigenvalue weighted by molar-refractivity contribution is -0.253. The molecule has 1 N–H and O–H groups in total. The van der Waals surface area contributed by atoms with E-state index in [-0.39, 0.29) is 11.1 Å². The molecule has 33 heavy (non-hydrogen) atoms. The van der Waals surface area contributed by atoms with Gasteiger partial charge in [0, 0.05) is 10.7 Å². The van der Waals surface area contributed by atoms with Gasteiger partial charge in [0.15, 0.2) is 0 Å². The maximum atomic E-state index is 13.0. The topological polar surface area (TPSA) is 92.3 Å². The lowest BCUT2D eigenvalue weighted by atomic mass is 10.1. The van der Waals surface area contributed by atoms with Crippen molar-refractivity contribution >= 4 is 31.0 Å². The molecule has 8 nitrogen and oxygen atoms in total. The van der Waals surface area contributed by atoms with E-state index in [1.165, 1.54) is 6.07 Å². The van der Waals surface area contributed by atoms with E-state index < -0.39 is 54.2 Å². The number of halogens is 7. The van der Waals surface area contributed by atoms with Crippen molar-refractivity contribution in [3.05, 3.63) is 58.1 Å². The largest absolute Gasteiger partial charge is 0.585 e. The fourth-order valence-electron chi connectivity index (χ4n) is 2.33. The van der Waals surface area contributed by atoms with Crippen molar-refractivity contribution in [3.8, 4) is 5.75 Å². The Bertz CT molecular complexity index is 1020. The van der Waals surface area contributed by atoms with Crippen molar-refractivity contribution in [1.82, 2.24) is 0 Å². The molecule has 2 rings (SSSR count). The minimum absolute atomic E-state index is 0.0809. The molecule has 0 fully saturated rings. The molecule has 0 aromatic heterocycles. The van der Waals surface area contributed by atoms with Gasteiger partial charge in [0.1, 0.15) is 5.75 Å². The van der Waals surface area contributed by atoms with E-state index in [1.807, 2.05) is 5.32 Å². The fraction of sp³-hybridized carbons (Fsp3) is 0.235. The Balaban J connectivity index is 2.47. The molecular weight excluding hydrogens is 511 g/mol. The molecule has 182 valence electrons. The molecular formula is C17H13ClF6NO7P. The summed E-state index contributed by atoms with van der Waals surface area (Å²) >= 11 is 5.81. The van der Waals surface area contributed by atoms with E-state index >= 15 is 0 Å². The first kappa shape index (κ1) is 26.9. The van der Waals surface area contributed by atoms with Gasteiger partial charge in [-0.1, -0.05) is 11.6 Å². The molecule has 0 heterocycles. The van der Waals surface area contributed by atoms with Gasteiger partial charge in [-0.15, -0.1) is 9.35 Å². The van der Waals surface area contributed by atoms with Crippen LogP contribution in [-0.2, 0) is 36.0 Å². The quantitative estimate of drug-likeness (QED) is 0.189. The number of alkyl halides is 6. The predicted octanol–water partition coefficient (Wildman–Crippen LogP) is 6.27. The third-order valence-corrected chi connectivity index (χ3v) is 4.89. The van der Waals surface area contributed by atoms with E-state index in [0.717, 1.165) is 26.4 Å². The highest BCUT2D eigenvalue weighted by Gasteiger charge is 2.37. The number of amides is 1. The summed E-state index contributed by atoms with van der Waals surface area (Å²) in [5.74, 6) is -1.81. The molecule has 0 aliphatic carbocycles. The van der Waals surface area contributed by atoms with Gasteiger partial charge in [-0.05, 0) is 36.4 Å². The number of nitrogens with one attached hydrogen (secondary N) is 1. The fourth-order valence-corrected chi connectivity index (χ4v) is 3.35. The van der Waals surface area contributed by atoms with Crippen LogP contribution in [0.25, 0.3) is 0 Å². The van der Waals surface area contributed by atoms with E-state index in [9.17, 15) is 35.7 Å². The van der Waals surface area contributed by atoms with Crippen molar-refractivity contribution in [2.45, 2.75) is 12.4 Å². The van der Waals surface area contributed by atoms with E-state index in [4.69, 9.17) is 16.1 Å². The summed E-state index contributed by atoms with van der Waals surface area (Å²) in [6, 6.07) is 3.60. The summed E-state index contributed by atoms with van der Waals surface area (Å²) in [7, 11) is -2.75. The first-order chi connectivity index (χ1) is 15.2. The van der Waals surface area contributed by atoms with Crippen LogP contribution >= 0.6 is 19.4 Å². The van der Waals surface area contributed by atoms with Crippen molar-refractivity contribution < 1.29 is 59.3 Å². The van der Waals surface area contributed by atoms with Crippen molar-refractivity contribution in [2.75, 3.05) is 19.5 Å². The van der Waals surface area contributed by atoms with Gasteiger partial charge in [0.25, 0.3) is 5.91 Å². The van der Waals surface area contributed by atoms with E-state index in [2.05, 4.69) is 19.1 Å². The van der Waals surface area contributed by atoms with Gasteiger partial charge in [-0.25, -0.2) is 14.3 Å². The highest BCUT2D eigenvalue weighted by Crippen LogP contribution is 2.50. The molecule has 0 unspecified atom stereocenters. The molecule has 0 aliphatic rings. The maximum absolute atomic E-state index is 13.0. The Morgan fingerprint density at radius 3 is 1.88 bits per heavy atom. The summed E-state index contributed by atoms with van der Waals surface area (Å²) < 4.78 is 104. The van der Waals surface area contributed by atoms with E-state index in [1.54, 1.807) is 0 Å². The van der Waals surface area contributed by atoms with Crippen LogP contribution in [0.15, 0.2) is 36.4 Å². The highest BCUT2D eigenvalue weighted by molar-refractivity contribution is 7.48. The minimum Gasteiger partial charge on any atom is -0.400 e. The number of hydrogen-bond acceptors (Lipinski definition) is 7. The van der Waals surface area contributed by atoms with Gasteiger partial charge in [0.2, 0.25) is 0 Å². The molecule has 0 saturated heterocycles.